The molecule has 0 heterocycles. The van der Waals surface area contributed by atoms with E-state index < -0.39 is 0 Å². The molecule has 3 heteroatoms. The van der Waals surface area contributed by atoms with Crippen LogP contribution in [0.1, 0.15) is 54.9 Å². The van der Waals surface area contributed by atoms with E-state index in [2.05, 4.69) is 105 Å². The molecule has 43 heavy (non-hydrogen) atoms. The number of nitrogens with one attached hydrogen (secondary N) is 2. The van der Waals surface area contributed by atoms with Crippen LogP contribution in [0.3, 0.4) is 0 Å². The van der Waals surface area contributed by atoms with Gasteiger partial charge in [-0.05, 0) is 35.1 Å². The van der Waals surface area contributed by atoms with Crippen molar-refractivity contribution in [2.45, 2.75) is 38.0 Å². The van der Waals surface area contributed by atoms with Gasteiger partial charge in [-0.25, -0.2) is 12.5 Å². The summed E-state index contributed by atoms with van der Waals surface area (Å²) in [5, 5.41) is 10.4. The van der Waals surface area contributed by atoms with Crippen LogP contribution in [0.15, 0.2) is 144 Å². The second-order valence-corrected chi connectivity index (χ2v) is 11.5. The minimum atomic E-state index is 0. The standard InChI is InChI=1S/C25H20.C15H15N2.Na/c1-25(2)23-13-6-5-11-21(23)22-16-18(14-15-24(22)25)20-12-7-9-17-8-3-4-10-19(17)20;16-14(12-7-3-1-4-8-12)11-15(17)13-9-5-2-6-10-13;/h3-9,11-16,18H,1-2H3;1,3-5,7-11,16-17H,2,6H2;/q-2;-1;+1/b;15-11-,16-14?;. The normalized spacial score (nSPS) is 18.0. The van der Waals surface area contributed by atoms with Gasteiger partial charge in [-0.3, -0.25) is 0 Å². The molecule has 0 saturated heterocycles. The van der Waals surface area contributed by atoms with Gasteiger partial charge in [0.15, 0.2) is 0 Å². The van der Waals surface area contributed by atoms with Crippen LogP contribution in [0.5, 0.6) is 0 Å². The van der Waals surface area contributed by atoms with E-state index in [1.165, 1.54) is 38.6 Å². The summed E-state index contributed by atoms with van der Waals surface area (Å²) in [6, 6.07) is 34.6. The molecule has 0 spiro atoms. The Balaban J connectivity index is 0.000000180. The van der Waals surface area contributed by atoms with Crippen LogP contribution in [-0.4, -0.2) is 5.71 Å². The van der Waals surface area contributed by atoms with Crippen LogP contribution in [0.2, 0.25) is 0 Å². The molecule has 4 aromatic rings. The largest absolute Gasteiger partial charge is 1.00 e. The average molecular weight is 567 g/mol. The summed E-state index contributed by atoms with van der Waals surface area (Å²) in [7, 11) is 0. The molecule has 2 N–H and O–H groups in total. The minimum Gasteiger partial charge on any atom is -0.698 e. The van der Waals surface area contributed by atoms with Gasteiger partial charge in [0.1, 0.15) is 0 Å². The van der Waals surface area contributed by atoms with Gasteiger partial charge in [-0.15, -0.1) is 64.0 Å². The molecule has 3 aliphatic rings. The van der Waals surface area contributed by atoms with E-state index in [0.717, 1.165) is 24.0 Å². The summed E-state index contributed by atoms with van der Waals surface area (Å²) in [5.74, 6) is 0.294. The number of rotatable bonds is 4. The van der Waals surface area contributed by atoms with E-state index in [-0.39, 0.29) is 35.0 Å². The van der Waals surface area contributed by atoms with Crippen molar-refractivity contribution in [2.75, 3.05) is 0 Å². The Morgan fingerprint density at radius 3 is 2.51 bits per heavy atom. The van der Waals surface area contributed by atoms with Gasteiger partial charge < -0.3 is 11.1 Å². The zero-order chi connectivity index (χ0) is 29.1. The maximum Gasteiger partial charge on any atom is 1.00 e. The summed E-state index contributed by atoms with van der Waals surface area (Å²) in [4.78, 5) is 0. The van der Waals surface area contributed by atoms with E-state index in [0.29, 0.717) is 17.3 Å². The topological polar surface area (TPSA) is 47.7 Å². The van der Waals surface area contributed by atoms with Crippen molar-refractivity contribution in [3.05, 3.63) is 185 Å². The Hall–Kier alpha value is -3.82. The molecule has 1 unspecified atom stereocenters. The van der Waals surface area contributed by atoms with Crippen molar-refractivity contribution in [1.29, 1.82) is 5.41 Å². The summed E-state index contributed by atoms with van der Waals surface area (Å²) in [6.07, 6.45) is 16.9. The van der Waals surface area contributed by atoms with E-state index >= 15 is 0 Å². The second kappa shape index (κ2) is 13.2. The molecule has 0 aromatic heterocycles. The van der Waals surface area contributed by atoms with E-state index in [4.69, 9.17) is 11.1 Å². The molecule has 208 valence electrons. The molecule has 0 saturated carbocycles. The van der Waals surface area contributed by atoms with Crippen molar-refractivity contribution >= 4 is 22.1 Å². The van der Waals surface area contributed by atoms with Crippen LogP contribution < -0.4 is 29.6 Å². The van der Waals surface area contributed by atoms with Gasteiger partial charge in [0, 0.05) is 0 Å². The molecule has 4 aromatic carbocycles. The molecule has 3 aliphatic carbocycles. The third-order valence-electron chi connectivity index (χ3n) is 8.44. The number of fused-ring (bicyclic) bond motifs is 4. The van der Waals surface area contributed by atoms with Gasteiger partial charge in [0.25, 0.3) is 0 Å². The number of hydrogen-bond acceptors (Lipinski definition) is 1. The average Bonchev–Trinajstić information content (AvgIpc) is 3.27. The van der Waals surface area contributed by atoms with Crippen molar-refractivity contribution in [1.82, 2.24) is 0 Å². The third kappa shape index (κ3) is 6.28. The van der Waals surface area contributed by atoms with Crippen LogP contribution >= 0.6 is 0 Å². The molecule has 0 aliphatic heterocycles. The summed E-state index contributed by atoms with van der Waals surface area (Å²) >= 11 is 0. The van der Waals surface area contributed by atoms with E-state index in [1.807, 2.05) is 42.5 Å². The maximum atomic E-state index is 7.95. The number of benzene rings is 4. The first-order chi connectivity index (χ1) is 20.4. The zero-order valence-electron chi connectivity index (χ0n) is 25.2. The Labute approximate surface area is 278 Å². The molecule has 1 atom stereocenters. The molecule has 0 fully saturated rings. The molecule has 0 radical (unpaired) electrons. The first kappa shape index (κ1) is 30.6. The van der Waals surface area contributed by atoms with Gasteiger partial charge in [-0.1, -0.05) is 116 Å². The molecule has 2 nitrogen and oxygen atoms in total. The van der Waals surface area contributed by atoms with E-state index in [9.17, 15) is 0 Å². The van der Waals surface area contributed by atoms with Crippen LogP contribution in [-0.2, 0) is 5.41 Å². The fraction of sp³-hybridized carbons (Fsp3) is 0.150. The van der Waals surface area contributed by atoms with Crippen molar-refractivity contribution in [3.8, 4) is 0 Å². The zero-order valence-corrected chi connectivity index (χ0v) is 27.2. The van der Waals surface area contributed by atoms with Crippen LogP contribution in [0.25, 0.3) is 22.1 Å². The summed E-state index contributed by atoms with van der Waals surface area (Å²) < 4.78 is 0. The molecule has 7 rings (SSSR count). The SMILES string of the molecule is CC1(C)C2=C[CH-]C(c3cccc4ccc[c-]c34)C=C2c2ccccc21.N=C(/C=C(\[NH-])C1=CCCC=C1)c1ccccc1.[Na+]. The quantitative estimate of drug-likeness (QED) is 0.151. The Kier molecular flexibility index (Phi) is 9.42. The molecule has 0 bridgehead atoms. The maximum absolute atomic E-state index is 7.95. The molecular weight excluding hydrogens is 531 g/mol. The van der Waals surface area contributed by atoms with Crippen LogP contribution in [0, 0.1) is 17.9 Å². The van der Waals surface area contributed by atoms with Gasteiger partial charge in [0.2, 0.25) is 0 Å². The van der Waals surface area contributed by atoms with E-state index in [1.54, 1.807) is 6.08 Å². The number of hydrogen-bond donors (Lipinski definition) is 1. The monoisotopic (exact) mass is 566 g/mol. The summed E-state index contributed by atoms with van der Waals surface area (Å²) in [6.45, 7) is 4.66. The molecular formula is C40H35N2Na-2. The summed E-state index contributed by atoms with van der Waals surface area (Å²) in [5.41, 5.74) is 17.6. The predicted molar refractivity (Wildman–Crippen MR) is 177 cm³/mol. The first-order valence-corrected chi connectivity index (χ1v) is 14.6. The predicted octanol–water partition coefficient (Wildman–Crippen LogP) is 7.51. The number of allylic oxidation sites excluding steroid dienone is 8. The Bertz CT molecular complexity index is 1800. The molecule has 0 amide bonds. The fourth-order valence-corrected chi connectivity index (χ4v) is 6.19. The smallest absolute Gasteiger partial charge is 0.698 e. The Morgan fingerprint density at radius 1 is 0.953 bits per heavy atom. The third-order valence-corrected chi connectivity index (χ3v) is 8.44. The Morgan fingerprint density at radius 2 is 1.72 bits per heavy atom. The van der Waals surface area contributed by atoms with Crippen LogP contribution in [0.4, 0.5) is 0 Å². The van der Waals surface area contributed by atoms with Crippen molar-refractivity contribution < 1.29 is 29.6 Å². The van der Waals surface area contributed by atoms with Gasteiger partial charge in [-0.2, -0.15) is 5.57 Å². The van der Waals surface area contributed by atoms with Crippen molar-refractivity contribution in [3.63, 3.8) is 0 Å². The fourth-order valence-electron chi connectivity index (χ4n) is 6.19. The second-order valence-electron chi connectivity index (χ2n) is 11.5. The first-order valence-electron chi connectivity index (χ1n) is 14.6. The minimum absolute atomic E-state index is 0. The van der Waals surface area contributed by atoms with Gasteiger partial charge >= 0.3 is 29.6 Å². The van der Waals surface area contributed by atoms with Crippen molar-refractivity contribution in [2.24, 2.45) is 0 Å². The van der Waals surface area contributed by atoms with Gasteiger partial charge in [0.05, 0.1) is 5.71 Å².